The Morgan fingerprint density at radius 3 is 2.24 bits per heavy atom. The van der Waals surface area contributed by atoms with E-state index in [1.165, 1.54) is 31.9 Å². The fourth-order valence-electron chi connectivity index (χ4n) is 3.29. The molecule has 1 aromatic carbocycles. The van der Waals surface area contributed by atoms with Crippen LogP contribution in [0.2, 0.25) is 0 Å². The van der Waals surface area contributed by atoms with E-state index in [9.17, 15) is 9.59 Å². The van der Waals surface area contributed by atoms with Crippen LogP contribution in [0.25, 0.3) is 0 Å². The molecule has 0 aliphatic carbocycles. The molecule has 1 fully saturated rings. The van der Waals surface area contributed by atoms with E-state index in [0.717, 1.165) is 18.7 Å². The molecule has 5 heteroatoms. The zero-order valence-corrected chi connectivity index (χ0v) is 15.9. The molecule has 25 heavy (non-hydrogen) atoms. The maximum Gasteiger partial charge on any atom is 0.245 e. The number of nitrogens with one attached hydrogen (secondary N) is 1. The summed E-state index contributed by atoms with van der Waals surface area (Å²) in [5, 5.41) is 2.76. The summed E-state index contributed by atoms with van der Waals surface area (Å²) in [6.07, 6.45) is 3.85. The Bertz CT molecular complexity index is 577. The maximum absolute atomic E-state index is 12.6. The van der Waals surface area contributed by atoms with Gasteiger partial charge in [0.05, 0.1) is 0 Å². The zero-order chi connectivity index (χ0) is 18.4. The Balaban J connectivity index is 1.97. The van der Waals surface area contributed by atoms with Gasteiger partial charge in [0.15, 0.2) is 0 Å². The Hall–Kier alpha value is -2.04. The number of nitrogens with zero attached hydrogens (tertiary/aromatic N) is 2. The third-order valence-electron chi connectivity index (χ3n) is 4.75. The summed E-state index contributed by atoms with van der Waals surface area (Å²) in [7, 11) is 1.79. The fourth-order valence-corrected chi connectivity index (χ4v) is 3.29. The normalized spacial score (nSPS) is 15.8. The molecule has 1 aliphatic heterocycles. The van der Waals surface area contributed by atoms with Crippen LogP contribution in [0.5, 0.6) is 0 Å². The molecule has 1 aliphatic rings. The van der Waals surface area contributed by atoms with Crippen molar-refractivity contribution in [3.63, 3.8) is 0 Å². The number of piperidine rings is 1. The predicted molar refractivity (Wildman–Crippen MR) is 101 cm³/mol. The molecular weight excluding hydrogens is 314 g/mol. The molecule has 5 nitrogen and oxygen atoms in total. The van der Waals surface area contributed by atoms with Crippen LogP contribution in [0, 0.1) is 5.92 Å². The van der Waals surface area contributed by atoms with Gasteiger partial charge in [-0.3, -0.25) is 9.59 Å². The number of likely N-dealkylation sites (N-methyl/N-ethyl adjacent to an activating group) is 1. The first kappa shape index (κ1) is 19.3. The highest BCUT2D eigenvalue weighted by molar-refractivity contribution is 5.86. The lowest BCUT2D eigenvalue weighted by Gasteiger charge is -2.29. The molecule has 0 spiro atoms. The number of rotatable bonds is 6. The van der Waals surface area contributed by atoms with Gasteiger partial charge >= 0.3 is 0 Å². The van der Waals surface area contributed by atoms with Crippen molar-refractivity contribution in [1.29, 1.82) is 0 Å². The summed E-state index contributed by atoms with van der Waals surface area (Å²) < 4.78 is 0. The molecule has 1 atom stereocenters. The SMILES string of the molecule is CC(=O)N[C@H](C(=O)N(C)Cc1ccc(N2CCCCC2)cc1)C(C)C. The summed E-state index contributed by atoms with van der Waals surface area (Å²) in [4.78, 5) is 28.1. The van der Waals surface area contributed by atoms with Crippen LogP contribution in [0.3, 0.4) is 0 Å². The lowest BCUT2D eigenvalue weighted by molar-refractivity contribution is -0.136. The number of hydrogen-bond donors (Lipinski definition) is 1. The lowest BCUT2D eigenvalue weighted by Crippen LogP contribution is -2.49. The van der Waals surface area contributed by atoms with Gasteiger partial charge in [0, 0.05) is 39.3 Å². The minimum absolute atomic E-state index is 0.0506. The van der Waals surface area contributed by atoms with Crippen molar-refractivity contribution in [2.24, 2.45) is 5.92 Å². The first-order valence-corrected chi connectivity index (χ1v) is 9.24. The van der Waals surface area contributed by atoms with E-state index >= 15 is 0 Å². The van der Waals surface area contributed by atoms with E-state index in [-0.39, 0.29) is 17.7 Å². The van der Waals surface area contributed by atoms with Gasteiger partial charge < -0.3 is 15.1 Å². The number of hydrogen-bond acceptors (Lipinski definition) is 3. The predicted octanol–water partition coefficient (Wildman–Crippen LogP) is 2.80. The van der Waals surface area contributed by atoms with E-state index in [2.05, 4.69) is 34.5 Å². The van der Waals surface area contributed by atoms with E-state index in [0.29, 0.717) is 6.54 Å². The molecule has 2 amide bonds. The van der Waals surface area contributed by atoms with Crippen molar-refractivity contribution in [3.8, 4) is 0 Å². The van der Waals surface area contributed by atoms with Gasteiger partial charge in [-0.25, -0.2) is 0 Å². The average Bonchev–Trinajstić information content (AvgIpc) is 2.60. The first-order valence-electron chi connectivity index (χ1n) is 9.24. The van der Waals surface area contributed by atoms with Crippen molar-refractivity contribution in [3.05, 3.63) is 29.8 Å². The summed E-state index contributed by atoms with van der Waals surface area (Å²) in [5.41, 5.74) is 2.36. The second kappa shape index (κ2) is 8.88. The summed E-state index contributed by atoms with van der Waals surface area (Å²) in [6, 6.07) is 8.00. The van der Waals surface area contributed by atoms with Crippen LogP contribution in [-0.2, 0) is 16.1 Å². The summed E-state index contributed by atoms with van der Waals surface area (Å²) >= 11 is 0. The first-order chi connectivity index (χ1) is 11.9. The Kier molecular flexibility index (Phi) is 6.85. The van der Waals surface area contributed by atoms with E-state index in [4.69, 9.17) is 0 Å². The van der Waals surface area contributed by atoms with E-state index in [1.807, 2.05) is 13.8 Å². The summed E-state index contributed by atoms with van der Waals surface area (Å²) in [6.45, 7) is 8.14. The smallest absolute Gasteiger partial charge is 0.245 e. The van der Waals surface area contributed by atoms with Crippen molar-refractivity contribution in [2.45, 2.75) is 52.6 Å². The Morgan fingerprint density at radius 1 is 1.12 bits per heavy atom. The topological polar surface area (TPSA) is 52.7 Å². The molecule has 0 unspecified atom stereocenters. The van der Waals surface area contributed by atoms with Gasteiger partial charge in [-0.15, -0.1) is 0 Å². The minimum atomic E-state index is -0.477. The number of anilines is 1. The molecule has 0 radical (unpaired) electrons. The van der Waals surface area contributed by atoms with Crippen LogP contribution in [0.4, 0.5) is 5.69 Å². The highest BCUT2D eigenvalue weighted by atomic mass is 16.2. The lowest BCUT2D eigenvalue weighted by atomic mass is 10.0. The third kappa shape index (κ3) is 5.48. The minimum Gasteiger partial charge on any atom is -0.372 e. The summed E-state index contributed by atoms with van der Waals surface area (Å²) in [5.74, 6) is -0.169. The van der Waals surface area contributed by atoms with Gasteiger partial charge in [-0.1, -0.05) is 26.0 Å². The van der Waals surface area contributed by atoms with E-state index < -0.39 is 6.04 Å². The van der Waals surface area contributed by atoms with Crippen molar-refractivity contribution in [1.82, 2.24) is 10.2 Å². The second-order valence-corrected chi connectivity index (χ2v) is 7.33. The maximum atomic E-state index is 12.6. The number of amides is 2. The monoisotopic (exact) mass is 345 g/mol. The molecular formula is C20H31N3O2. The zero-order valence-electron chi connectivity index (χ0n) is 15.9. The second-order valence-electron chi connectivity index (χ2n) is 7.33. The molecule has 1 saturated heterocycles. The molecule has 138 valence electrons. The van der Waals surface area contributed by atoms with Crippen molar-refractivity contribution < 1.29 is 9.59 Å². The van der Waals surface area contributed by atoms with Gasteiger partial charge in [-0.2, -0.15) is 0 Å². The number of carbonyl (C=O) groups excluding carboxylic acids is 2. The van der Waals surface area contributed by atoms with Crippen LogP contribution >= 0.6 is 0 Å². The highest BCUT2D eigenvalue weighted by Gasteiger charge is 2.26. The molecule has 0 saturated carbocycles. The van der Waals surface area contributed by atoms with Gasteiger partial charge in [0.25, 0.3) is 0 Å². The highest BCUT2D eigenvalue weighted by Crippen LogP contribution is 2.20. The van der Waals surface area contributed by atoms with Crippen molar-refractivity contribution in [2.75, 3.05) is 25.0 Å². The van der Waals surface area contributed by atoms with Crippen LogP contribution in [0.15, 0.2) is 24.3 Å². The van der Waals surface area contributed by atoms with Gasteiger partial charge in [-0.05, 0) is 42.9 Å². The van der Waals surface area contributed by atoms with Crippen LogP contribution < -0.4 is 10.2 Å². The largest absolute Gasteiger partial charge is 0.372 e. The molecule has 1 aromatic rings. The number of benzene rings is 1. The van der Waals surface area contributed by atoms with Gasteiger partial charge in [0.2, 0.25) is 11.8 Å². The standard InChI is InChI=1S/C20H31N3O2/c1-15(2)19(21-16(3)24)20(25)22(4)14-17-8-10-18(11-9-17)23-12-6-5-7-13-23/h8-11,15,19H,5-7,12-14H2,1-4H3,(H,21,24)/t19-/m0/s1. The molecule has 0 aromatic heterocycles. The quantitative estimate of drug-likeness (QED) is 0.862. The molecule has 2 rings (SSSR count). The number of carbonyl (C=O) groups is 2. The fraction of sp³-hybridized carbons (Fsp3) is 0.600. The molecule has 0 bridgehead atoms. The third-order valence-corrected chi connectivity index (χ3v) is 4.75. The molecule has 1 heterocycles. The van der Waals surface area contributed by atoms with E-state index in [1.54, 1.807) is 11.9 Å². The molecule has 1 N–H and O–H groups in total. The van der Waals surface area contributed by atoms with Gasteiger partial charge in [0.1, 0.15) is 6.04 Å². The Morgan fingerprint density at radius 2 is 1.72 bits per heavy atom. The average molecular weight is 345 g/mol. The van der Waals surface area contributed by atoms with Crippen LogP contribution in [0.1, 0.15) is 45.6 Å². The van der Waals surface area contributed by atoms with Crippen LogP contribution in [-0.4, -0.2) is 42.9 Å². The van der Waals surface area contributed by atoms with Crippen molar-refractivity contribution >= 4 is 17.5 Å². The Labute approximate surface area is 151 Å².